The molecule has 6 aliphatic rings. The molecule has 1 spiro atoms. The van der Waals surface area contributed by atoms with Crippen LogP contribution in [0.4, 0.5) is 0 Å². The van der Waals surface area contributed by atoms with Gasteiger partial charge < -0.3 is 28.8 Å². The highest BCUT2D eigenvalue weighted by atomic mass is 16.7. The molecule has 6 rings (SSSR count). The summed E-state index contributed by atoms with van der Waals surface area (Å²) >= 11 is 0. The highest BCUT2D eigenvalue weighted by Crippen LogP contribution is 2.77. The van der Waals surface area contributed by atoms with E-state index in [1.165, 1.54) is 13.0 Å². The van der Waals surface area contributed by atoms with Crippen LogP contribution in [0.15, 0.2) is 11.6 Å². The first-order valence-electron chi connectivity index (χ1n) is 13.5. The number of aliphatic hydroxyl groups excluding tert-OH is 1. The normalized spacial score (nSPS) is 49.6. The maximum Gasteiger partial charge on any atom is 0.340 e. The Morgan fingerprint density at radius 3 is 2.31 bits per heavy atom. The van der Waals surface area contributed by atoms with E-state index >= 15 is 0 Å². The van der Waals surface area contributed by atoms with Crippen molar-refractivity contribution < 1.29 is 52.8 Å². The van der Waals surface area contributed by atoms with Gasteiger partial charge in [0.15, 0.2) is 6.10 Å². The zero-order valence-electron chi connectivity index (χ0n) is 22.9. The van der Waals surface area contributed by atoms with Crippen molar-refractivity contribution in [3.8, 4) is 0 Å². The second-order valence-electron chi connectivity index (χ2n) is 13.1. The topological polar surface area (TPSA) is 155 Å². The van der Waals surface area contributed by atoms with Crippen molar-refractivity contribution in [2.24, 2.45) is 28.1 Å². The molecule has 11 nitrogen and oxygen atoms in total. The van der Waals surface area contributed by atoms with E-state index < -0.39 is 87.8 Å². The lowest BCUT2D eigenvalue weighted by atomic mass is 9.37. The molecule has 4 heterocycles. The van der Waals surface area contributed by atoms with Gasteiger partial charge in [-0.1, -0.05) is 13.8 Å². The molecule has 1 unspecified atom stereocenters. The van der Waals surface area contributed by atoms with Crippen molar-refractivity contribution in [1.29, 1.82) is 0 Å². The fourth-order valence-corrected chi connectivity index (χ4v) is 9.42. The molecule has 0 amide bonds. The van der Waals surface area contributed by atoms with E-state index in [-0.39, 0.29) is 24.2 Å². The third-order valence-corrected chi connectivity index (χ3v) is 11.0. The minimum atomic E-state index is -1.46. The van der Waals surface area contributed by atoms with E-state index in [2.05, 4.69) is 0 Å². The molecule has 1 N–H and O–H groups in total. The van der Waals surface area contributed by atoms with Crippen molar-refractivity contribution in [3.63, 3.8) is 0 Å². The SMILES string of the molecule is CC(=O)OC1CC(=O)OC(C)(C)[C@@H]2CC(=O)[C@]3(C)[C@H](CC[C@@]4(C)[C@H](C5=C[C@@H](O)OC5=O)OC(=O)[C@H]5O[C@]543)[C@@]12C. The van der Waals surface area contributed by atoms with Crippen LogP contribution in [0.25, 0.3) is 0 Å². The minimum absolute atomic E-state index is 0.0125. The van der Waals surface area contributed by atoms with Gasteiger partial charge in [0.2, 0.25) is 6.29 Å². The number of hydrogen-bond donors (Lipinski definition) is 1. The van der Waals surface area contributed by atoms with E-state index in [1.54, 1.807) is 20.8 Å². The van der Waals surface area contributed by atoms with Crippen molar-refractivity contribution in [1.82, 2.24) is 0 Å². The number of esters is 4. The van der Waals surface area contributed by atoms with Crippen LogP contribution >= 0.6 is 0 Å². The largest absolute Gasteiger partial charge is 0.461 e. The summed E-state index contributed by atoms with van der Waals surface area (Å²) in [5.41, 5.74) is -5.47. The number of epoxide rings is 1. The number of carbonyl (C=O) groups excluding carboxylic acids is 5. The fraction of sp³-hybridized carbons (Fsp3) is 0.750. The van der Waals surface area contributed by atoms with E-state index in [1.807, 2.05) is 13.8 Å². The molecule has 3 saturated heterocycles. The van der Waals surface area contributed by atoms with Crippen LogP contribution < -0.4 is 0 Å². The Morgan fingerprint density at radius 1 is 1.00 bits per heavy atom. The molecular weight excluding hydrogens is 512 g/mol. The quantitative estimate of drug-likeness (QED) is 0.304. The van der Waals surface area contributed by atoms with E-state index in [0.717, 1.165) is 0 Å². The Labute approximate surface area is 225 Å². The molecule has 11 heteroatoms. The average Bonchev–Trinajstić information content (AvgIpc) is 3.52. The predicted octanol–water partition coefficient (Wildman–Crippen LogP) is 1.53. The Hall–Kier alpha value is -2.79. The molecule has 2 aliphatic carbocycles. The lowest BCUT2D eigenvalue weighted by molar-refractivity contribution is -0.230. The van der Waals surface area contributed by atoms with Crippen LogP contribution in [-0.4, -0.2) is 70.6 Å². The smallest absolute Gasteiger partial charge is 0.340 e. The highest BCUT2D eigenvalue weighted by molar-refractivity contribution is 5.96. The van der Waals surface area contributed by atoms with Crippen LogP contribution in [0.2, 0.25) is 0 Å². The number of cyclic esters (lactones) is 3. The van der Waals surface area contributed by atoms with Crippen molar-refractivity contribution in [2.45, 2.75) is 103 Å². The van der Waals surface area contributed by atoms with Gasteiger partial charge in [-0.2, -0.15) is 0 Å². The summed E-state index contributed by atoms with van der Waals surface area (Å²) in [6.07, 6.45) is -2.54. The van der Waals surface area contributed by atoms with Gasteiger partial charge in [0.1, 0.15) is 29.2 Å². The molecule has 0 radical (unpaired) electrons. The van der Waals surface area contributed by atoms with Crippen molar-refractivity contribution >= 4 is 29.7 Å². The van der Waals surface area contributed by atoms with Crippen LogP contribution in [0.1, 0.15) is 67.2 Å². The maximum absolute atomic E-state index is 14.4. The molecule has 39 heavy (non-hydrogen) atoms. The van der Waals surface area contributed by atoms with Gasteiger partial charge in [-0.05, 0) is 45.6 Å². The third kappa shape index (κ3) is 3.03. The first-order chi connectivity index (χ1) is 18.0. The summed E-state index contributed by atoms with van der Waals surface area (Å²) in [5.74, 6) is -3.62. The molecule has 0 aromatic carbocycles. The fourth-order valence-electron chi connectivity index (χ4n) is 9.42. The number of carbonyl (C=O) groups is 5. The second-order valence-corrected chi connectivity index (χ2v) is 13.1. The summed E-state index contributed by atoms with van der Waals surface area (Å²) in [6, 6.07) is 0. The number of aliphatic hydroxyl groups is 1. The number of Topliss-reactive ketones (excluding diaryl/α,β-unsaturated/α-hetero) is 1. The lowest BCUT2D eigenvalue weighted by Crippen LogP contribution is -2.74. The molecule has 0 aromatic heterocycles. The van der Waals surface area contributed by atoms with Crippen molar-refractivity contribution in [3.05, 3.63) is 11.6 Å². The first kappa shape index (κ1) is 26.4. The maximum atomic E-state index is 14.4. The molecule has 4 aliphatic heterocycles. The Bertz CT molecular complexity index is 1250. The molecule has 5 fully saturated rings. The second kappa shape index (κ2) is 7.69. The summed E-state index contributed by atoms with van der Waals surface area (Å²) < 4.78 is 28.6. The van der Waals surface area contributed by atoms with Gasteiger partial charge in [-0.15, -0.1) is 0 Å². The molecule has 212 valence electrons. The number of ether oxygens (including phenoxy) is 5. The van der Waals surface area contributed by atoms with E-state index in [9.17, 15) is 29.1 Å². The standard InChI is InChI=1S/C28H34O11/c1-12(29)35-17-11-19(32)38-24(2,3)15-10-16(30)27(6)14(26(15,17)5)7-8-25(4)20(13-9-18(31)36-22(13)33)37-23(34)21-28(25,27)39-21/h9,14-15,17-18,20-21,31H,7-8,10-11H2,1-6H3/t14-,15+,17?,18+,20+,21-,25+,26-,27+,28-/m1/s1. The van der Waals surface area contributed by atoms with Gasteiger partial charge in [-0.3, -0.25) is 14.4 Å². The van der Waals surface area contributed by atoms with E-state index in [4.69, 9.17) is 23.7 Å². The predicted molar refractivity (Wildman–Crippen MR) is 128 cm³/mol. The summed E-state index contributed by atoms with van der Waals surface area (Å²) in [7, 11) is 0. The number of rotatable bonds is 2. The minimum Gasteiger partial charge on any atom is -0.461 e. The van der Waals surface area contributed by atoms with Gasteiger partial charge in [0.25, 0.3) is 0 Å². The molecular formula is C28H34O11. The summed E-state index contributed by atoms with van der Waals surface area (Å²) in [6.45, 7) is 10.4. The number of fused-ring (bicyclic) bond motifs is 3. The van der Waals surface area contributed by atoms with Gasteiger partial charge in [0.05, 0.1) is 17.4 Å². The molecule has 10 atom stereocenters. The Kier molecular flexibility index (Phi) is 5.21. The number of ketones is 1. The van der Waals surface area contributed by atoms with Crippen LogP contribution in [0, 0.1) is 28.1 Å². The van der Waals surface area contributed by atoms with Crippen molar-refractivity contribution in [2.75, 3.05) is 0 Å². The molecule has 0 bridgehead atoms. The monoisotopic (exact) mass is 546 g/mol. The Morgan fingerprint density at radius 2 is 1.69 bits per heavy atom. The summed E-state index contributed by atoms with van der Waals surface area (Å²) in [5, 5.41) is 9.94. The summed E-state index contributed by atoms with van der Waals surface area (Å²) in [4.78, 5) is 65.4. The molecule has 2 saturated carbocycles. The third-order valence-electron chi connectivity index (χ3n) is 11.0. The lowest BCUT2D eigenvalue weighted by Gasteiger charge is -2.66. The van der Waals surface area contributed by atoms with Crippen LogP contribution in [-0.2, 0) is 47.7 Å². The van der Waals surface area contributed by atoms with Gasteiger partial charge in [0, 0.05) is 30.1 Å². The highest BCUT2D eigenvalue weighted by Gasteiger charge is 2.89. The van der Waals surface area contributed by atoms with Crippen LogP contribution in [0.5, 0.6) is 0 Å². The van der Waals surface area contributed by atoms with Gasteiger partial charge >= 0.3 is 23.9 Å². The van der Waals surface area contributed by atoms with E-state index in [0.29, 0.717) is 12.8 Å². The molecule has 0 aromatic rings. The van der Waals surface area contributed by atoms with Gasteiger partial charge in [-0.25, -0.2) is 9.59 Å². The van der Waals surface area contributed by atoms with Crippen LogP contribution in [0.3, 0.4) is 0 Å². The first-order valence-corrected chi connectivity index (χ1v) is 13.5. The number of hydrogen-bond acceptors (Lipinski definition) is 11. The average molecular weight is 547 g/mol. The zero-order valence-corrected chi connectivity index (χ0v) is 22.9. The Balaban J connectivity index is 1.52. The zero-order chi connectivity index (χ0) is 28.5.